The van der Waals surface area contributed by atoms with Gasteiger partial charge in [0.2, 0.25) is 0 Å². The first kappa shape index (κ1) is 18.0. The van der Waals surface area contributed by atoms with Crippen LogP contribution < -0.4 is 11.1 Å². The van der Waals surface area contributed by atoms with Crippen molar-refractivity contribution in [1.29, 1.82) is 0 Å². The van der Waals surface area contributed by atoms with Crippen LogP contribution in [0.3, 0.4) is 0 Å². The monoisotopic (exact) mass is 360 g/mol. The number of nitrogens with zero attached hydrogens (tertiary/aromatic N) is 2. The third-order valence-corrected chi connectivity index (χ3v) is 4.22. The molecule has 1 aliphatic heterocycles. The molecule has 0 aliphatic carbocycles. The van der Waals surface area contributed by atoms with E-state index in [2.05, 4.69) is 10.3 Å². The number of carbonyl (C=O) groups excluding carboxylic acids is 2. The van der Waals surface area contributed by atoms with Crippen LogP contribution in [0.2, 0.25) is 0 Å². The second-order valence-electron chi connectivity index (χ2n) is 7.54. The summed E-state index contributed by atoms with van der Waals surface area (Å²) in [5.74, 6) is -0.672. The Hall–Kier alpha value is -2.77. The average Bonchev–Trinajstić information content (AvgIpc) is 2.76. The Morgan fingerprint density at radius 3 is 2.54 bits per heavy atom. The zero-order chi connectivity index (χ0) is 18.9. The van der Waals surface area contributed by atoms with Gasteiger partial charge in [0.25, 0.3) is 5.91 Å². The molecule has 2 aromatic rings. The first-order valence-electron chi connectivity index (χ1n) is 8.72. The lowest BCUT2D eigenvalue weighted by Gasteiger charge is -2.27. The van der Waals surface area contributed by atoms with Crippen molar-refractivity contribution in [3.8, 4) is 0 Å². The van der Waals surface area contributed by atoms with Crippen LogP contribution in [0.5, 0.6) is 0 Å². The van der Waals surface area contributed by atoms with Crippen molar-refractivity contribution in [2.75, 3.05) is 26.2 Å². The molecule has 1 aromatic carbocycles. The number of oxazole rings is 1. The van der Waals surface area contributed by atoms with E-state index in [0.717, 1.165) is 0 Å². The smallest absolute Gasteiger partial charge is 0.408 e. The van der Waals surface area contributed by atoms with Crippen LogP contribution in [0.25, 0.3) is 11.1 Å². The minimum Gasteiger partial charge on any atom is -0.408 e. The first-order valence-corrected chi connectivity index (χ1v) is 8.72. The van der Waals surface area contributed by atoms with E-state index in [4.69, 9.17) is 4.42 Å². The highest BCUT2D eigenvalue weighted by molar-refractivity contribution is 5.97. The summed E-state index contributed by atoms with van der Waals surface area (Å²) in [7, 11) is 0. The largest absolute Gasteiger partial charge is 0.417 e. The second-order valence-corrected chi connectivity index (χ2v) is 7.54. The van der Waals surface area contributed by atoms with E-state index < -0.39 is 5.76 Å². The Balaban J connectivity index is 1.68. The van der Waals surface area contributed by atoms with E-state index in [1.807, 2.05) is 20.8 Å². The van der Waals surface area contributed by atoms with Crippen LogP contribution in [0.1, 0.15) is 37.6 Å². The summed E-state index contributed by atoms with van der Waals surface area (Å²) in [6.45, 7) is 7.95. The third-order valence-electron chi connectivity index (χ3n) is 4.22. The topological polar surface area (TPSA) is 98.6 Å². The summed E-state index contributed by atoms with van der Waals surface area (Å²) in [6, 6.07) is 4.80. The number of fused-ring (bicyclic) bond motifs is 1. The van der Waals surface area contributed by atoms with Gasteiger partial charge in [-0.2, -0.15) is 0 Å². The van der Waals surface area contributed by atoms with E-state index in [9.17, 15) is 14.4 Å². The molecule has 0 spiro atoms. The van der Waals surface area contributed by atoms with Crippen LogP contribution in [-0.2, 0) is 0 Å². The zero-order valence-corrected chi connectivity index (χ0v) is 15.3. The van der Waals surface area contributed by atoms with E-state index >= 15 is 0 Å². The number of hydrogen-bond donors (Lipinski definition) is 2. The molecule has 0 radical (unpaired) electrons. The van der Waals surface area contributed by atoms with Crippen molar-refractivity contribution in [1.82, 2.24) is 20.1 Å². The maximum absolute atomic E-state index is 12.8. The number of carbonyl (C=O) groups is 2. The van der Waals surface area contributed by atoms with Crippen molar-refractivity contribution in [3.63, 3.8) is 0 Å². The molecular weight excluding hydrogens is 336 g/mol. The fourth-order valence-corrected chi connectivity index (χ4v) is 2.98. The van der Waals surface area contributed by atoms with E-state index in [1.54, 1.807) is 28.0 Å². The molecule has 26 heavy (non-hydrogen) atoms. The maximum atomic E-state index is 12.8. The molecule has 0 bridgehead atoms. The van der Waals surface area contributed by atoms with Crippen LogP contribution in [0, 0.1) is 0 Å². The van der Waals surface area contributed by atoms with Gasteiger partial charge in [-0.1, -0.05) is 0 Å². The summed E-state index contributed by atoms with van der Waals surface area (Å²) in [6.07, 6.45) is 0.713. The number of aromatic nitrogens is 1. The molecule has 140 valence electrons. The Labute approximate surface area is 151 Å². The van der Waals surface area contributed by atoms with Crippen molar-refractivity contribution in [2.45, 2.75) is 32.7 Å². The molecule has 3 rings (SSSR count). The number of benzene rings is 1. The van der Waals surface area contributed by atoms with Gasteiger partial charge in [-0.3, -0.25) is 9.78 Å². The van der Waals surface area contributed by atoms with E-state index in [1.165, 1.54) is 0 Å². The predicted octanol–water partition coefficient (Wildman–Crippen LogP) is 1.78. The molecular formula is C18H24N4O4. The van der Waals surface area contributed by atoms with Crippen molar-refractivity contribution in [3.05, 3.63) is 34.3 Å². The highest BCUT2D eigenvalue weighted by atomic mass is 16.4. The number of urea groups is 1. The molecule has 1 aromatic heterocycles. The molecule has 0 saturated carbocycles. The Morgan fingerprint density at radius 1 is 1.12 bits per heavy atom. The number of H-pyrrole nitrogens is 1. The van der Waals surface area contributed by atoms with Gasteiger partial charge < -0.3 is 19.5 Å². The number of nitrogens with one attached hydrogen (secondary N) is 2. The molecule has 2 N–H and O–H groups in total. The van der Waals surface area contributed by atoms with Gasteiger partial charge in [-0.05, 0) is 45.4 Å². The second kappa shape index (κ2) is 6.86. The summed E-state index contributed by atoms with van der Waals surface area (Å²) in [5.41, 5.74) is 1.09. The minimum atomic E-state index is -0.542. The normalized spacial score (nSPS) is 15.8. The van der Waals surface area contributed by atoms with Gasteiger partial charge in [-0.15, -0.1) is 0 Å². The van der Waals surface area contributed by atoms with Gasteiger partial charge in [0.05, 0.1) is 5.52 Å². The van der Waals surface area contributed by atoms with Crippen LogP contribution in [0.4, 0.5) is 4.79 Å². The van der Waals surface area contributed by atoms with Crippen LogP contribution in [0.15, 0.2) is 27.4 Å². The van der Waals surface area contributed by atoms with Crippen molar-refractivity contribution < 1.29 is 14.0 Å². The minimum absolute atomic E-state index is 0.109. The fourth-order valence-electron chi connectivity index (χ4n) is 2.98. The van der Waals surface area contributed by atoms with Crippen molar-refractivity contribution in [2.24, 2.45) is 0 Å². The summed E-state index contributed by atoms with van der Waals surface area (Å²) in [4.78, 5) is 42.4. The lowest BCUT2D eigenvalue weighted by Crippen LogP contribution is -2.49. The van der Waals surface area contributed by atoms with E-state index in [-0.39, 0.29) is 17.5 Å². The number of aromatic amines is 1. The third kappa shape index (κ3) is 4.07. The highest BCUT2D eigenvalue weighted by Crippen LogP contribution is 2.15. The highest BCUT2D eigenvalue weighted by Gasteiger charge is 2.25. The van der Waals surface area contributed by atoms with Crippen LogP contribution >= 0.6 is 0 Å². The lowest BCUT2D eigenvalue weighted by molar-refractivity contribution is 0.0762. The fraction of sp³-hybridized carbons (Fsp3) is 0.500. The Morgan fingerprint density at radius 2 is 1.81 bits per heavy atom. The molecule has 8 nitrogen and oxygen atoms in total. The first-order chi connectivity index (χ1) is 12.2. The standard InChI is InChI=1S/C18H24N4O4/c1-18(2,3)20-16(24)22-8-4-7-21(9-10-22)15(23)12-5-6-13-14(11-12)26-17(25)19-13/h5-6,11H,4,7-10H2,1-3H3,(H,19,25)(H,20,24). The lowest BCUT2D eigenvalue weighted by atomic mass is 10.1. The molecule has 1 aliphatic rings. The summed E-state index contributed by atoms with van der Waals surface area (Å²) < 4.78 is 5.02. The molecule has 3 amide bonds. The SMILES string of the molecule is CC(C)(C)NC(=O)N1CCCN(C(=O)c2ccc3[nH]c(=O)oc3c2)CC1. The summed E-state index contributed by atoms with van der Waals surface area (Å²) in [5, 5.41) is 2.95. The van der Waals surface area contributed by atoms with Crippen LogP contribution in [-0.4, -0.2) is 58.4 Å². The van der Waals surface area contributed by atoms with Crippen molar-refractivity contribution >= 4 is 23.0 Å². The number of amides is 3. The molecule has 0 unspecified atom stereocenters. The zero-order valence-electron chi connectivity index (χ0n) is 15.3. The Kier molecular flexibility index (Phi) is 4.76. The number of rotatable bonds is 1. The maximum Gasteiger partial charge on any atom is 0.417 e. The molecule has 1 saturated heterocycles. The van der Waals surface area contributed by atoms with Gasteiger partial charge in [0.1, 0.15) is 0 Å². The van der Waals surface area contributed by atoms with E-state index in [0.29, 0.717) is 49.3 Å². The quantitative estimate of drug-likeness (QED) is 0.810. The Bertz CT molecular complexity index is 877. The predicted molar refractivity (Wildman–Crippen MR) is 97.2 cm³/mol. The molecule has 2 heterocycles. The number of hydrogen-bond acceptors (Lipinski definition) is 4. The molecule has 8 heteroatoms. The van der Waals surface area contributed by atoms with Gasteiger partial charge in [0.15, 0.2) is 5.58 Å². The van der Waals surface area contributed by atoms with Gasteiger partial charge in [0, 0.05) is 37.3 Å². The van der Waals surface area contributed by atoms with Gasteiger partial charge >= 0.3 is 11.8 Å². The van der Waals surface area contributed by atoms with Gasteiger partial charge in [-0.25, -0.2) is 9.59 Å². The molecule has 0 atom stereocenters. The average molecular weight is 360 g/mol. The summed E-state index contributed by atoms with van der Waals surface area (Å²) >= 11 is 0. The molecule has 1 fully saturated rings.